The Morgan fingerprint density at radius 3 is 2.58 bits per heavy atom. The molecule has 0 amide bonds. The van der Waals surface area contributed by atoms with Gasteiger partial charge >= 0.3 is 0 Å². The summed E-state index contributed by atoms with van der Waals surface area (Å²) >= 11 is 0. The Morgan fingerprint density at radius 2 is 1.73 bits per heavy atom. The van der Waals surface area contributed by atoms with E-state index in [1.165, 1.54) is 86.5 Å². The molecule has 5 bridgehead atoms. The molecule has 3 fully saturated rings. The van der Waals surface area contributed by atoms with Crippen molar-refractivity contribution in [2.75, 3.05) is 5.75 Å². The van der Waals surface area contributed by atoms with E-state index in [9.17, 15) is 5.11 Å². The molecule has 0 radical (unpaired) electrons. The topological polar surface area (TPSA) is 32.3 Å². The lowest BCUT2D eigenvalue weighted by molar-refractivity contribution is -0.134. The zero-order valence-corrected chi connectivity index (χ0v) is 29.1. The van der Waals surface area contributed by atoms with Crippen molar-refractivity contribution in [1.82, 2.24) is 5.32 Å². The van der Waals surface area contributed by atoms with Gasteiger partial charge in [-0.05, 0) is 140 Å². The van der Waals surface area contributed by atoms with E-state index in [0.717, 1.165) is 42.9 Å². The summed E-state index contributed by atoms with van der Waals surface area (Å²) in [7, 11) is 4.26. The number of rotatable bonds is 0. The van der Waals surface area contributed by atoms with E-state index >= 15 is 0 Å². The normalized spacial score (nSPS) is 39.0. The van der Waals surface area contributed by atoms with E-state index < -0.39 is 0 Å². The molecule has 2 aromatic carbocycles. The monoisotopic (exact) mass is 639 g/mol. The van der Waals surface area contributed by atoms with Crippen LogP contribution in [0.15, 0.2) is 66.8 Å². The van der Waals surface area contributed by atoms with Gasteiger partial charge in [-0.3, -0.25) is 0 Å². The minimum Gasteiger partial charge on any atom is -0.508 e. The second-order valence-electron chi connectivity index (χ2n) is 16.4. The number of benzene rings is 2. The van der Waals surface area contributed by atoms with E-state index in [2.05, 4.69) is 101 Å². The zero-order chi connectivity index (χ0) is 30.6. The lowest BCUT2D eigenvalue weighted by Crippen LogP contribution is -2.61. The molecular weight excluding hydrogens is 587 g/mol. The van der Waals surface area contributed by atoms with Crippen LogP contribution in [0.25, 0.3) is 0 Å². The molecule has 5 aliphatic carbocycles. The largest absolute Gasteiger partial charge is 0.508 e. The first-order valence-electron chi connectivity index (χ1n) is 18.1. The summed E-state index contributed by atoms with van der Waals surface area (Å²) < 4.78 is 0. The Morgan fingerprint density at radius 1 is 0.911 bits per heavy atom. The van der Waals surface area contributed by atoms with Crippen LogP contribution in [0.3, 0.4) is 0 Å². The molecule has 0 saturated heterocycles. The van der Waals surface area contributed by atoms with Crippen molar-refractivity contribution in [1.29, 1.82) is 0 Å². The third kappa shape index (κ3) is 5.67. The predicted molar refractivity (Wildman–Crippen MR) is 193 cm³/mol. The molecule has 2 nitrogen and oxygen atoms in total. The van der Waals surface area contributed by atoms with Crippen molar-refractivity contribution in [2.45, 2.75) is 109 Å². The van der Waals surface area contributed by atoms with Crippen LogP contribution >= 0.6 is 21.6 Å². The van der Waals surface area contributed by atoms with Gasteiger partial charge in [0, 0.05) is 29.0 Å². The van der Waals surface area contributed by atoms with Crippen molar-refractivity contribution < 1.29 is 5.11 Å². The number of hydrogen-bond acceptors (Lipinski definition) is 4. The summed E-state index contributed by atoms with van der Waals surface area (Å²) in [5.74, 6) is 4.47. The highest BCUT2D eigenvalue weighted by Gasteiger charge is 2.65. The minimum atomic E-state index is 0.275. The van der Waals surface area contributed by atoms with Crippen LogP contribution in [0.4, 0.5) is 0 Å². The average molecular weight is 640 g/mol. The van der Waals surface area contributed by atoms with Crippen LogP contribution in [-0.2, 0) is 19.4 Å². The molecule has 3 saturated carbocycles. The van der Waals surface area contributed by atoms with E-state index in [4.69, 9.17) is 0 Å². The number of nitrogens with one attached hydrogen (secondary N) is 1. The van der Waals surface area contributed by atoms with Gasteiger partial charge in [0.1, 0.15) is 5.75 Å². The third-order valence-corrected chi connectivity index (χ3v) is 16.3. The second-order valence-corrected chi connectivity index (χ2v) is 19.0. The van der Waals surface area contributed by atoms with Crippen LogP contribution in [0.5, 0.6) is 5.75 Å². The highest BCUT2D eigenvalue weighted by Crippen LogP contribution is 2.74. The summed E-state index contributed by atoms with van der Waals surface area (Å²) in [4.78, 5) is 0. The van der Waals surface area contributed by atoms with Crippen LogP contribution in [-0.4, -0.2) is 22.2 Å². The maximum Gasteiger partial charge on any atom is 0.116 e. The maximum atomic E-state index is 11.1. The first-order chi connectivity index (χ1) is 21.8. The van der Waals surface area contributed by atoms with Crippen molar-refractivity contribution in [2.24, 2.45) is 39.9 Å². The van der Waals surface area contributed by atoms with E-state index in [1.54, 1.807) is 0 Å². The average Bonchev–Trinajstić information content (AvgIpc) is 3.46. The van der Waals surface area contributed by atoms with Crippen LogP contribution in [0, 0.1) is 39.9 Å². The third-order valence-electron chi connectivity index (χ3n) is 13.3. The van der Waals surface area contributed by atoms with Gasteiger partial charge in [-0.2, -0.15) is 0 Å². The molecule has 2 N–H and O–H groups in total. The Balaban J connectivity index is 1.22. The molecule has 45 heavy (non-hydrogen) atoms. The van der Waals surface area contributed by atoms with Gasteiger partial charge in [0.2, 0.25) is 0 Å². The predicted octanol–water partition coefficient (Wildman–Crippen LogP) is 10.3. The SMILES string of the molecule is C[C@@H]1CC=C[C@]2(C1)CC1(CCCC1)C[C@H]1[C@@H]3Cc4cc(O)cc(c4)Cc4ccccc4CN[C@@H](C)CSS[C@H]4C=C[C@@]12C[C@@H]4C3. The standard InChI is InChI=1S/C41H53NOS2/c1-28-8-7-14-40(22-28)27-39(12-5-6-13-39)24-37-34-18-31-16-30(19-36(43)20-31)17-32-9-3-4-10-33(32)25-42-29(2)26-44-45-38-11-15-41(37,40)23-35(38)21-34/h3-4,7,9-11,14-16,19-20,28-29,34-35,37-38,42-43H,5-6,8,12-13,17-18,21-27H2,1-2H3/t28-,29+,34-,35+,37+,38+,40+,41-/m1/s1. The van der Waals surface area contributed by atoms with Crippen LogP contribution in [0.2, 0.25) is 0 Å². The quantitative estimate of drug-likeness (QED) is 0.222. The molecule has 1 aliphatic heterocycles. The summed E-state index contributed by atoms with van der Waals surface area (Å²) in [5, 5.41) is 15.5. The minimum absolute atomic E-state index is 0.275. The molecular formula is C41H53NOS2. The molecule has 8 rings (SSSR count). The Kier molecular flexibility index (Phi) is 8.27. The highest BCUT2D eigenvalue weighted by molar-refractivity contribution is 8.77. The van der Waals surface area contributed by atoms with Gasteiger partial charge in [-0.25, -0.2) is 0 Å². The van der Waals surface area contributed by atoms with E-state index in [1.807, 2.05) is 6.07 Å². The number of fused-ring (bicyclic) bond motifs is 5. The summed E-state index contributed by atoms with van der Waals surface area (Å²) in [6, 6.07) is 15.9. The van der Waals surface area contributed by atoms with Crippen molar-refractivity contribution in [3.8, 4) is 5.75 Å². The molecule has 2 aromatic rings. The molecule has 6 aliphatic rings. The number of aromatic hydroxyl groups is 1. The van der Waals surface area contributed by atoms with Gasteiger partial charge < -0.3 is 10.4 Å². The van der Waals surface area contributed by atoms with Gasteiger partial charge in [-0.15, -0.1) is 0 Å². The second kappa shape index (κ2) is 12.1. The van der Waals surface area contributed by atoms with Crippen molar-refractivity contribution in [3.05, 3.63) is 89.0 Å². The van der Waals surface area contributed by atoms with Gasteiger partial charge in [0.25, 0.3) is 0 Å². The lowest BCUT2D eigenvalue weighted by Gasteiger charge is -2.68. The molecule has 0 unspecified atom stereocenters. The van der Waals surface area contributed by atoms with Gasteiger partial charge in [-0.1, -0.05) is 96.0 Å². The Hall–Kier alpha value is -1.62. The van der Waals surface area contributed by atoms with Gasteiger partial charge in [0.15, 0.2) is 0 Å². The maximum absolute atomic E-state index is 11.1. The molecule has 8 atom stereocenters. The Labute approximate surface area is 280 Å². The van der Waals surface area contributed by atoms with Crippen molar-refractivity contribution >= 4 is 21.6 Å². The highest BCUT2D eigenvalue weighted by atomic mass is 33.1. The zero-order valence-electron chi connectivity index (χ0n) is 27.5. The number of hydrogen-bond donors (Lipinski definition) is 2. The first kappa shape index (κ1) is 30.7. The fourth-order valence-electron chi connectivity index (χ4n) is 11.5. The molecule has 1 heterocycles. The smallest absolute Gasteiger partial charge is 0.116 e. The molecule has 3 spiro atoms. The molecule has 240 valence electrons. The number of phenolic OH excluding ortho intramolecular Hbond substituents is 1. The fraction of sp³-hybridized carbons (Fsp3) is 0.610. The fourth-order valence-corrected chi connectivity index (χ4v) is 14.6. The summed E-state index contributed by atoms with van der Waals surface area (Å²) in [6.07, 6.45) is 26.9. The molecule has 0 aromatic heterocycles. The number of phenols is 1. The summed E-state index contributed by atoms with van der Waals surface area (Å²) in [5.41, 5.74) is 6.46. The van der Waals surface area contributed by atoms with Gasteiger partial charge in [0.05, 0.1) is 0 Å². The summed E-state index contributed by atoms with van der Waals surface area (Å²) in [6.45, 7) is 5.77. The lowest BCUT2D eigenvalue weighted by atomic mass is 9.36. The van der Waals surface area contributed by atoms with Crippen LogP contribution < -0.4 is 5.32 Å². The van der Waals surface area contributed by atoms with E-state index in [-0.39, 0.29) is 5.41 Å². The first-order valence-corrected chi connectivity index (χ1v) is 20.5. The van der Waals surface area contributed by atoms with Crippen molar-refractivity contribution in [3.63, 3.8) is 0 Å². The van der Waals surface area contributed by atoms with Crippen LogP contribution in [0.1, 0.15) is 100 Å². The molecule has 4 heteroatoms. The van der Waals surface area contributed by atoms with E-state index in [0.29, 0.717) is 33.8 Å². The Bertz CT molecular complexity index is 1460. The number of allylic oxidation sites excluding steroid dienone is 3.